The van der Waals surface area contributed by atoms with Crippen LogP contribution in [0.5, 0.6) is 0 Å². The first-order valence-electron chi connectivity index (χ1n) is 7.69. The van der Waals surface area contributed by atoms with Crippen LogP contribution in [0, 0.1) is 6.92 Å². The molecule has 142 valence electrons. The summed E-state index contributed by atoms with van der Waals surface area (Å²) in [5.41, 5.74) is 5.86. The Morgan fingerprint density at radius 2 is 1.74 bits per heavy atom. The Morgan fingerprint density at radius 3 is 2.33 bits per heavy atom. The highest BCUT2D eigenvalue weighted by molar-refractivity contribution is 7.92. The van der Waals surface area contributed by atoms with Crippen molar-refractivity contribution >= 4 is 21.5 Å². The molecule has 27 heavy (non-hydrogen) atoms. The van der Waals surface area contributed by atoms with Gasteiger partial charge in [0.05, 0.1) is 21.8 Å². The normalized spacial score (nSPS) is 12.1. The molecule has 0 spiro atoms. The van der Waals surface area contributed by atoms with E-state index in [-0.39, 0.29) is 22.1 Å². The molecular formula is C17H15F3N4O2S. The first-order valence-corrected chi connectivity index (χ1v) is 9.17. The fourth-order valence-corrected chi connectivity index (χ4v) is 3.53. The Hall–Kier alpha value is -3.01. The number of aromatic nitrogens is 2. The van der Waals surface area contributed by atoms with Gasteiger partial charge in [-0.1, -0.05) is 6.07 Å². The summed E-state index contributed by atoms with van der Waals surface area (Å²) in [5.74, 6) is 0.0923. The summed E-state index contributed by atoms with van der Waals surface area (Å²) >= 11 is 0. The molecule has 1 heterocycles. The van der Waals surface area contributed by atoms with Crippen LogP contribution in [0.2, 0.25) is 0 Å². The van der Waals surface area contributed by atoms with E-state index in [1.165, 1.54) is 41.1 Å². The lowest BCUT2D eigenvalue weighted by Gasteiger charge is -2.12. The Morgan fingerprint density at radius 1 is 1.07 bits per heavy atom. The standard InChI is InChI=1S/C17H15F3N4O2S/c1-11-9-16(23-27(25,26)15-4-2-3-13(21)10-15)24(22-11)14-7-5-12(6-8-14)17(18,19)20/h2-10,23H,21H2,1H3. The molecule has 3 aromatic rings. The van der Waals surface area contributed by atoms with E-state index in [4.69, 9.17) is 5.73 Å². The smallest absolute Gasteiger partial charge is 0.399 e. The van der Waals surface area contributed by atoms with Crippen LogP contribution in [0.4, 0.5) is 24.7 Å². The molecule has 10 heteroatoms. The number of hydrogen-bond donors (Lipinski definition) is 2. The summed E-state index contributed by atoms with van der Waals surface area (Å²) in [6.07, 6.45) is -4.46. The van der Waals surface area contributed by atoms with Gasteiger partial charge in [0.1, 0.15) is 5.82 Å². The SMILES string of the molecule is Cc1cc(NS(=O)(=O)c2cccc(N)c2)n(-c2ccc(C(F)(F)F)cc2)n1. The van der Waals surface area contributed by atoms with Gasteiger partial charge in [-0.3, -0.25) is 4.72 Å². The summed E-state index contributed by atoms with van der Waals surface area (Å²) in [6, 6.07) is 11.4. The Kier molecular flexibility index (Phi) is 4.60. The summed E-state index contributed by atoms with van der Waals surface area (Å²) < 4.78 is 66.9. The predicted octanol–water partition coefficient (Wildman–Crippen LogP) is 3.58. The highest BCUT2D eigenvalue weighted by atomic mass is 32.2. The van der Waals surface area contributed by atoms with Crippen LogP contribution in [0.3, 0.4) is 0 Å². The number of anilines is 2. The van der Waals surface area contributed by atoms with E-state index in [0.717, 1.165) is 12.1 Å². The average molecular weight is 396 g/mol. The Bertz CT molecular complexity index is 1070. The second-order valence-electron chi connectivity index (χ2n) is 5.81. The summed E-state index contributed by atoms with van der Waals surface area (Å²) in [5, 5.41) is 4.15. The zero-order chi connectivity index (χ0) is 19.8. The number of rotatable bonds is 4. The number of halogens is 3. The molecule has 0 aliphatic heterocycles. The van der Waals surface area contributed by atoms with Crippen LogP contribution < -0.4 is 10.5 Å². The molecule has 0 amide bonds. The fourth-order valence-electron chi connectivity index (χ4n) is 2.44. The summed E-state index contributed by atoms with van der Waals surface area (Å²) in [4.78, 5) is -0.0414. The Labute approximate surface area is 153 Å². The molecule has 0 saturated carbocycles. The third-order valence-electron chi connectivity index (χ3n) is 3.68. The van der Waals surface area contributed by atoms with Crippen LogP contribution in [0.25, 0.3) is 5.69 Å². The molecule has 3 N–H and O–H groups in total. The first-order chi connectivity index (χ1) is 12.6. The molecule has 0 bridgehead atoms. The largest absolute Gasteiger partial charge is 0.416 e. The number of sulfonamides is 1. The Balaban J connectivity index is 1.97. The number of alkyl halides is 3. The van der Waals surface area contributed by atoms with Crippen molar-refractivity contribution < 1.29 is 21.6 Å². The fraction of sp³-hybridized carbons (Fsp3) is 0.118. The van der Waals surface area contributed by atoms with Gasteiger partial charge < -0.3 is 5.73 Å². The van der Waals surface area contributed by atoms with Crippen molar-refractivity contribution in [1.29, 1.82) is 0 Å². The van der Waals surface area contributed by atoms with E-state index in [1.807, 2.05) is 0 Å². The molecule has 0 atom stereocenters. The van der Waals surface area contributed by atoms with Crippen molar-refractivity contribution in [2.45, 2.75) is 18.0 Å². The van der Waals surface area contributed by atoms with E-state index < -0.39 is 21.8 Å². The minimum absolute atomic E-state index is 0.0414. The van der Waals surface area contributed by atoms with Crippen molar-refractivity contribution in [2.24, 2.45) is 0 Å². The summed E-state index contributed by atoms with van der Waals surface area (Å²) in [7, 11) is -3.96. The van der Waals surface area contributed by atoms with E-state index in [1.54, 1.807) is 13.0 Å². The molecule has 0 fully saturated rings. The first kappa shape index (κ1) is 18.8. The van der Waals surface area contributed by atoms with Gasteiger partial charge in [-0.25, -0.2) is 13.1 Å². The monoisotopic (exact) mass is 396 g/mol. The van der Waals surface area contributed by atoms with E-state index in [0.29, 0.717) is 5.69 Å². The zero-order valence-electron chi connectivity index (χ0n) is 14.0. The minimum Gasteiger partial charge on any atom is -0.399 e. The highest BCUT2D eigenvalue weighted by Crippen LogP contribution is 2.30. The molecule has 0 unspecified atom stereocenters. The van der Waals surface area contributed by atoms with Crippen molar-refractivity contribution in [3.05, 3.63) is 65.9 Å². The van der Waals surface area contributed by atoms with Crippen molar-refractivity contribution in [3.8, 4) is 5.69 Å². The maximum atomic E-state index is 12.7. The lowest BCUT2D eigenvalue weighted by molar-refractivity contribution is -0.137. The van der Waals surface area contributed by atoms with Crippen LogP contribution in [-0.2, 0) is 16.2 Å². The van der Waals surface area contributed by atoms with Crippen LogP contribution in [-0.4, -0.2) is 18.2 Å². The molecule has 2 aromatic carbocycles. The quantitative estimate of drug-likeness (QED) is 0.660. The van der Waals surface area contributed by atoms with Crippen molar-refractivity contribution in [1.82, 2.24) is 9.78 Å². The number of aryl methyl sites for hydroxylation is 1. The van der Waals surface area contributed by atoms with Gasteiger partial charge in [0.2, 0.25) is 0 Å². The zero-order valence-corrected chi connectivity index (χ0v) is 14.8. The molecule has 0 radical (unpaired) electrons. The van der Waals surface area contributed by atoms with Gasteiger partial charge in [0, 0.05) is 11.8 Å². The van der Waals surface area contributed by atoms with Gasteiger partial charge in [-0.05, 0) is 49.4 Å². The molecule has 0 aliphatic carbocycles. The second kappa shape index (κ2) is 6.62. The molecular weight excluding hydrogens is 381 g/mol. The maximum Gasteiger partial charge on any atom is 0.416 e. The minimum atomic E-state index is -4.46. The van der Waals surface area contributed by atoms with Crippen molar-refractivity contribution in [2.75, 3.05) is 10.5 Å². The van der Waals surface area contributed by atoms with Crippen molar-refractivity contribution in [3.63, 3.8) is 0 Å². The number of hydrogen-bond acceptors (Lipinski definition) is 4. The second-order valence-corrected chi connectivity index (χ2v) is 7.49. The van der Waals surface area contributed by atoms with Gasteiger partial charge in [-0.2, -0.15) is 18.3 Å². The molecule has 0 saturated heterocycles. The average Bonchev–Trinajstić information content (AvgIpc) is 2.94. The number of nitrogens with two attached hydrogens (primary N) is 1. The highest BCUT2D eigenvalue weighted by Gasteiger charge is 2.30. The third-order valence-corrected chi connectivity index (χ3v) is 5.03. The lowest BCUT2D eigenvalue weighted by Crippen LogP contribution is -2.16. The number of benzene rings is 2. The van der Waals surface area contributed by atoms with E-state index >= 15 is 0 Å². The molecule has 1 aromatic heterocycles. The topological polar surface area (TPSA) is 90.0 Å². The van der Waals surface area contributed by atoms with Gasteiger partial charge in [0.15, 0.2) is 0 Å². The number of nitrogens with one attached hydrogen (secondary N) is 1. The van der Waals surface area contributed by atoms with Gasteiger partial charge in [-0.15, -0.1) is 0 Å². The number of nitrogens with zero attached hydrogens (tertiary/aromatic N) is 2. The van der Waals surface area contributed by atoms with Gasteiger partial charge in [0.25, 0.3) is 10.0 Å². The molecule has 0 aliphatic rings. The summed E-state index contributed by atoms with van der Waals surface area (Å²) in [6.45, 7) is 1.64. The van der Waals surface area contributed by atoms with Gasteiger partial charge >= 0.3 is 6.18 Å². The predicted molar refractivity (Wildman–Crippen MR) is 95.0 cm³/mol. The van der Waals surface area contributed by atoms with Crippen LogP contribution in [0.15, 0.2) is 59.5 Å². The third kappa shape index (κ3) is 4.05. The van der Waals surface area contributed by atoms with E-state index in [9.17, 15) is 21.6 Å². The lowest BCUT2D eigenvalue weighted by atomic mass is 10.2. The van der Waals surface area contributed by atoms with Crippen LogP contribution >= 0.6 is 0 Å². The molecule has 3 rings (SSSR count). The van der Waals surface area contributed by atoms with Crippen LogP contribution in [0.1, 0.15) is 11.3 Å². The maximum absolute atomic E-state index is 12.7. The van der Waals surface area contributed by atoms with E-state index in [2.05, 4.69) is 9.82 Å². The number of nitrogen functional groups attached to an aromatic ring is 1. The molecule has 6 nitrogen and oxygen atoms in total.